The molecule has 0 aromatic heterocycles. The molecule has 0 aliphatic carbocycles. The molecule has 0 saturated heterocycles. The van der Waals surface area contributed by atoms with Crippen molar-refractivity contribution in [2.45, 2.75) is 51.4 Å². The number of benzene rings is 2. The maximum atomic E-state index is 12.8. The van der Waals surface area contributed by atoms with Crippen LogP contribution >= 0.6 is 0 Å². The number of rotatable bonds is 18. The second kappa shape index (κ2) is 17.4. The van der Waals surface area contributed by atoms with Gasteiger partial charge in [0.2, 0.25) is 0 Å². The van der Waals surface area contributed by atoms with Crippen LogP contribution in [0.25, 0.3) is 0 Å². The molecule has 0 heterocycles. The number of carbonyl (C=O) groups excluding carboxylic acids is 2. The molecule has 13 nitrogen and oxygen atoms in total. The summed E-state index contributed by atoms with van der Waals surface area (Å²) in [7, 11) is 0. The Morgan fingerprint density at radius 3 is 1.39 bits per heavy atom. The van der Waals surface area contributed by atoms with Gasteiger partial charge in [0, 0.05) is 0 Å². The third-order valence-electron chi connectivity index (χ3n) is 5.64. The Hall–Kier alpha value is -3.48. The SMILES string of the molecule is O=C(O)CCCCCNC(=O)c1cc([Se](=O)O[Se](=O)c2ccc(O)c(C(=O)NCCCCCC(=O)O)c2)ccc1O. The van der Waals surface area contributed by atoms with Crippen LogP contribution < -0.4 is 19.6 Å². The Morgan fingerprint density at radius 2 is 1.02 bits per heavy atom. The Labute approximate surface area is 244 Å². The van der Waals surface area contributed by atoms with E-state index in [1.54, 1.807) is 0 Å². The summed E-state index contributed by atoms with van der Waals surface area (Å²) in [6.07, 6.45) is 3.24. The van der Waals surface area contributed by atoms with Crippen molar-refractivity contribution < 1.29 is 50.2 Å². The number of phenolic OH excluding ortho intramolecular Hbond substituents is 2. The van der Waals surface area contributed by atoms with Gasteiger partial charge in [-0.25, -0.2) is 0 Å². The fourth-order valence-corrected chi connectivity index (χ4v) is 8.64. The molecule has 0 aliphatic heterocycles. The second-order valence-corrected chi connectivity index (χ2v) is 14.5. The van der Waals surface area contributed by atoms with Gasteiger partial charge >= 0.3 is 245 Å². The van der Waals surface area contributed by atoms with E-state index in [2.05, 4.69) is 10.6 Å². The van der Waals surface area contributed by atoms with E-state index in [1.165, 1.54) is 36.4 Å². The van der Waals surface area contributed by atoms with Gasteiger partial charge in [0.05, 0.1) is 0 Å². The summed E-state index contributed by atoms with van der Waals surface area (Å²) in [6, 6.07) is 7.25. The predicted molar refractivity (Wildman–Crippen MR) is 146 cm³/mol. The van der Waals surface area contributed by atoms with Crippen LogP contribution in [0.5, 0.6) is 11.5 Å². The van der Waals surface area contributed by atoms with E-state index in [9.17, 15) is 37.1 Å². The molecule has 0 radical (unpaired) electrons. The molecule has 0 spiro atoms. The first-order chi connectivity index (χ1) is 19.5. The normalized spacial score (nSPS) is 12.3. The zero-order valence-corrected chi connectivity index (χ0v) is 25.4. The van der Waals surface area contributed by atoms with E-state index in [1.807, 2.05) is 0 Å². The predicted octanol–water partition coefficient (Wildman–Crippen LogP) is 0.816. The van der Waals surface area contributed by atoms with Crippen molar-refractivity contribution in [3.8, 4) is 11.5 Å². The molecule has 2 rings (SSSR count). The molecular formula is C26H32N2O11Se2. The van der Waals surface area contributed by atoms with Gasteiger partial charge in [-0.2, -0.15) is 0 Å². The fraction of sp³-hybridized carbons (Fsp3) is 0.385. The molecule has 224 valence electrons. The quantitative estimate of drug-likeness (QED) is 0.0942. The summed E-state index contributed by atoms with van der Waals surface area (Å²) in [4.78, 5) is 46.0. The van der Waals surface area contributed by atoms with Gasteiger partial charge in [-0.1, -0.05) is 0 Å². The van der Waals surface area contributed by atoms with Crippen LogP contribution in [-0.2, 0) is 20.2 Å². The third kappa shape index (κ3) is 11.9. The fourth-order valence-electron chi connectivity index (χ4n) is 3.49. The second-order valence-electron chi connectivity index (χ2n) is 8.82. The number of amides is 2. The zero-order chi connectivity index (χ0) is 30.4. The number of aliphatic carboxylic acids is 2. The van der Waals surface area contributed by atoms with Crippen LogP contribution in [0.15, 0.2) is 36.4 Å². The van der Waals surface area contributed by atoms with Crippen molar-refractivity contribution in [1.29, 1.82) is 0 Å². The van der Waals surface area contributed by atoms with Crippen LogP contribution in [0.4, 0.5) is 0 Å². The molecule has 0 fully saturated rings. The van der Waals surface area contributed by atoms with Crippen molar-refractivity contribution in [3.63, 3.8) is 0 Å². The topological polar surface area (TPSA) is 217 Å². The van der Waals surface area contributed by atoms with Gasteiger partial charge in [-0.3, -0.25) is 0 Å². The Kier molecular flexibility index (Phi) is 14.3. The standard InChI is InChI=1S/C26H32N2O11Se2/c29-21-11-9-17(15-19(21)25(35)27-13-5-1-3-7-23(31)32)40(37)39-41(38)18-10-12-22(30)20(16-18)26(36)28-14-6-2-4-8-24(33)34/h9-12,15-16,29-30H,1-8,13-14H2,(H,27,35)(H,28,36)(H,31,32)(H,33,34). The van der Waals surface area contributed by atoms with Gasteiger partial charge in [0.25, 0.3) is 0 Å². The van der Waals surface area contributed by atoms with Gasteiger partial charge in [0.1, 0.15) is 0 Å². The molecule has 0 saturated carbocycles. The summed E-state index contributed by atoms with van der Waals surface area (Å²) in [5.74, 6) is -3.78. The first kappa shape index (κ1) is 33.7. The number of carbonyl (C=O) groups is 4. The molecule has 6 N–H and O–H groups in total. The number of hydrogen-bond acceptors (Lipinski definition) is 9. The monoisotopic (exact) mass is 708 g/mol. The molecule has 2 amide bonds. The van der Waals surface area contributed by atoms with E-state index in [0.29, 0.717) is 38.5 Å². The summed E-state index contributed by atoms with van der Waals surface area (Å²) < 4.78 is 31.1. The summed E-state index contributed by atoms with van der Waals surface area (Å²) >= 11 is -6.84. The van der Waals surface area contributed by atoms with Crippen molar-refractivity contribution in [2.24, 2.45) is 0 Å². The van der Waals surface area contributed by atoms with E-state index >= 15 is 0 Å². The number of carboxylic acids is 2. The van der Waals surface area contributed by atoms with E-state index in [-0.39, 0.29) is 57.5 Å². The average molecular weight is 706 g/mol. The van der Waals surface area contributed by atoms with Gasteiger partial charge in [0.15, 0.2) is 0 Å². The maximum absolute atomic E-state index is 12.8. The molecule has 0 unspecified atom stereocenters. The van der Waals surface area contributed by atoms with Gasteiger partial charge < -0.3 is 0 Å². The van der Waals surface area contributed by atoms with Gasteiger partial charge in [-0.05, 0) is 0 Å². The first-order valence-corrected chi connectivity index (χ1v) is 17.2. The number of unbranched alkanes of at least 4 members (excludes halogenated alkanes) is 4. The van der Waals surface area contributed by atoms with E-state index in [0.717, 1.165) is 0 Å². The van der Waals surface area contributed by atoms with Crippen molar-refractivity contribution in [2.75, 3.05) is 13.1 Å². The minimum absolute atomic E-state index is 0.0335. The molecule has 0 bridgehead atoms. The summed E-state index contributed by atoms with van der Waals surface area (Å²) in [6.45, 7) is 0.484. The minimum atomic E-state index is -3.42. The van der Waals surface area contributed by atoms with Crippen LogP contribution in [0.2, 0.25) is 0 Å². The molecule has 15 heteroatoms. The van der Waals surface area contributed by atoms with Crippen molar-refractivity contribution >= 4 is 61.0 Å². The molecular weight excluding hydrogens is 674 g/mol. The Morgan fingerprint density at radius 1 is 0.634 bits per heavy atom. The van der Waals surface area contributed by atoms with Crippen molar-refractivity contribution in [3.05, 3.63) is 47.5 Å². The third-order valence-corrected chi connectivity index (χ3v) is 11.5. The number of phenols is 2. The Bertz CT molecular complexity index is 1200. The van der Waals surface area contributed by atoms with E-state index in [4.69, 9.17) is 13.1 Å². The van der Waals surface area contributed by atoms with Crippen LogP contribution in [0.3, 0.4) is 0 Å². The average Bonchev–Trinajstić information content (AvgIpc) is 2.92. The molecule has 0 aliphatic rings. The molecule has 41 heavy (non-hydrogen) atoms. The van der Waals surface area contributed by atoms with Crippen molar-refractivity contribution in [1.82, 2.24) is 10.6 Å². The summed E-state index contributed by atoms with van der Waals surface area (Å²) in [5, 5.41) is 42.7. The Balaban J connectivity index is 1.96. The van der Waals surface area contributed by atoms with Crippen LogP contribution in [-0.4, -0.2) is 85.6 Å². The van der Waals surface area contributed by atoms with E-state index < -0.39 is 52.1 Å². The van der Waals surface area contributed by atoms with Crippen LogP contribution in [0.1, 0.15) is 72.1 Å². The first-order valence-electron chi connectivity index (χ1n) is 12.7. The number of carboxylic acid groups (broad SMARTS) is 2. The molecule has 0 atom stereocenters. The number of hydrogen-bond donors (Lipinski definition) is 6. The molecule has 2 aromatic rings. The number of nitrogens with one attached hydrogen (secondary N) is 2. The summed E-state index contributed by atoms with van der Waals surface area (Å²) in [5.41, 5.74) is -0.314. The van der Waals surface area contributed by atoms with Gasteiger partial charge in [-0.15, -0.1) is 0 Å². The zero-order valence-electron chi connectivity index (χ0n) is 22.0. The molecule has 2 aromatic carbocycles. The number of aromatic hydroxyl groups is 2. The van der Waals surface area contributed by atoms with Crippen LogP contribution in [0, 0.1) is 0 Å².